The van der Waals surface area contributed by atoms with Crippen molar-refractivity contribution in [2.75, 3.05) is 12.6 Å². The van der Waals surface area contributed by atoms with Crippen molar-refractivity contribution in [2.45, 2.75) is 38.3 Å². The molecule has 6 nitrogen and oxygen atoms in total. The maximum absolute atomic E-state index is 15.5. The van der Waals surface area contributed by atoms with E-state index < -0.39 is 51.2 Å². The van der Waals surface area contributed by atoms with Gasteiger partial charge in [0.1, 0.15) is 11.7 Å². The Hall–Kier alpha value is -2.83. The predicted molar refractivity (Wildman–Crippen MR) is 119 cm³/mol. The first-order chi connectivity index (χ1) is 15.7. The van der Waals surface area contributed by atoms with E-state index in [-0.39, 0.29) is 13.0 Å². The van der Waals surface area contributed by atoms with Crippen LogP contribution in [0.15, 0.2) is 48.5 Å². The van der Waals surface area contributed by atoms with Gasteiger partial charge < -0.3 is 4.90 Å². The minimum atomic E-state index is -4.21. The Morgan fingerprint density at radius 1 is 1.24 bits per heavy atom. The highest BCUT2D eigenvalue weighted by Gasteiger charge is 2.61. The lowest BCUT2D eigenvalue weighted by atomic mass is 9.91. The third kappa shape index (κ3) is 4.50. The highest BCUT2D eigenvalue weighted by molar-refractivity contribution is 7.89. The van der Waals surface area contributed by atoms with Crippen molar-refractivity contribution in [3.8, 4) is 17.2 Å². The van der Waals surface area contributed by atoms with Crippen molar-refractivity contribution in [3.05, 3.63) is 59.9 Å². The number of benzene rings is 2. The number of carbonyl (C=O) groups excluding carboxylic acids is 1. The van der Waals surface area contributed by atoms with E-state index in [4.69, 9.17) is 0 Å². The molecule has 33 heavy (non-hydrogen) atoms. The summed E-state index contributed by atoms with van der Waals surface area (Å²) in [6.45, 7) is 1.73. The topological polar surface area (TPSA) is 90.3 Å². The van der Waals surface area contributed by atoms with E-state index in [0.717, 1.165) is 0 Å². The molecule has 2 aromatic carbocycles. The van der Waals surface area contributed by atoms with E-state index in [1.807, 2.05) is 12.1 Å². The second-order valence-electron chi connectivity index (χ2n) is 8.91. The molecular weight excluding hydrogens is 448 g/mol. The number of nitrogens with one attached hydrogen (secondary N) is 1. The van der Waals surface area contributed by atoms with Gasteiger partial charge >= 0.3 is 0 Å². The first-order valence-electron chi connectivity index (χ1n) is 10.8. The molecule has 3 atom stereocenters. The monoisotopic (exact) mass is 473 g/mol. The SMILES string of the molecule is CC(C#N)C(=O)N1CC2(CC2)[C@H](NS(=O)(=O)CF)[C@@H]1Cc1cccc(-c2ccccc2)c1F. The molecule has 1 heterocycles. The van der Waals surface area contributed by atoms with Gasteiger partial charge in [-0.25, -0.2) is 21.9 Å². The first-order valence-corrected chi connectivity index (χ1v) is 12.5. The zero-order valence-electron chi connectivity index (χ0n) is 18.2. The van der Waals surface area contributed by atoms with Crippen LogP contribution in [0, 0.1) is 28.5 Å². The van der Waals surface area contributed by atoms with Gasteiger partial charge in [0.25, 0.3) is 0 Å². The molecule has 174 valence electrons. The van der Waals surface area contributed by atoms with E-state index >= 15 is 4.39 Å². The van der Waals surface area contributed by atoms with Gasteiger partial charge in [0.05, 0.1) is 12.1 Å². The molecule has 0 radical (unpaired) electrons. The lowest BCUT2D eigenvalue weighted by molar-refractivity contribution is -0.134. The molecule has 1 saturated heterocycles. The number of likely N-dealkylation sites (tertiary alicyclic amines) is 1. The van der Waals surface area contributed by atoms with Crippen molar-refractivity contribution in [2.24, 2.45) is 11.3 Å². The summed E-state index contributed by atoms with van der Waals surface area (Å²) in [4.78, 5) is 14.5. The fraction of sp³-hybridized carbons (Fsp3) is 0.417. The fourth-order valence-electron chi connectivity index (χ4n) is 4.78. The van der Waals surface area contributed by atoms with Gasteiger partial charge in [0, 0.05) is 23.6 Å². The molecule has 1 saturated carbocycles. The van der Waals surface area contributed by atoms with Crippen molar-refractivity contribution in [1.82, 2.24) is 9.62 Å². The maximum atomic E-state index is 15.5. The number of sulfonamides is 1. The van der Waals surface area contributed by atoms with Crippen LogP contribution in [-0.2, 0) is 21.2 Å². The quantitative estimate of drug-likeness (QED) is 0.667. The third-order valence-corrected chi connectivity index (χ3v) is 7.61. The zero-order chi connectivity index (χ0) is 23.8. The van der Waals surface area contributed by atoms with E-state index in [0.29, 0.717) is 29.5 Å². The molecule has 9 heteroatoms. The summed E-state index contributed by atoms with van der Waals surface area (Å²) in [5, 5.41) is 9.27. The highest BCUT2D eigenvalue weighted by atomic mass is 32.2. The van der Waals surface area contributed by atoms with E-state index in [9.17, 15) is 22.9 Å². The molecule has 2 fully saturated rings. The number of alkyl halides is 1. The van der Waals surface area contributed by atoms with Crippen LogP contribution in [-0.4, -0.2) is 43.9 Å². The van der Waals surface area contributed by atoms with Gasteiger partial charge in [-0.1, -0.05) is 48.5 Å². The van der Waals surface area contributed by atoms with Crippen LogP contribution in [0.2, 0.25) is 0 Å². The van der Waals surface area contributed by atoms with Crippen LogP contribution in [0.4, 0.5) is 8.78 Å². The van der Waals surface area contributed by atoms with Gasteiger partial charge in [-0.3, -0.25) is 4.79 Å². The Labute approximate surface area is 192 Å². The summed E-state index contributed by atoms with van der Waals surface area (Å²) in [5.74, 6) is -1.82. The van der Waals surface area contributed by atoms with Gasteiger partial charge in [-0.05, 0) is 37.3 Å². The summed E-state index contributed by atoms with van der Waals surface area (Å²) >= 11 is 0. The van der Waals surface area contributed by atoms with Crippen LogP contribution < -0.4 is 4.72 Å². The Bertz CT molecular complexity index is 1190. The summed E-state index contributed by atoms with van der Waals surface area (Å²) < 4.78 is 55.4. The normalized spacial score (nSPS) is 22.2. The molecule has 1 aliphatic carbocycles. The second-order valence-corrected chi connectivity index (χ2v) is 10.6. The van der Waals surface area contributed by atoms with Crippen molar-refractivity contribution < 1.29 is 22.0 Å². The Kier molecular flexibility index (Phi) is 6.25. The number of nitriles is 1. The molecule has 0 bridgehead atoms. The number of rotatable bonds is 7. The molecular formula is C24H25F2N3O3S. The largest absolute Gasteiger partial charge is 0.336 e. The predicted octanol–water partition coefficient (Wildman–Crippen LogP) is 3.40. The van der Waals surface area contributed by atoms with E-state index in [2.05, 4.69) is 4.72 Å². The number of hydrogen-bond donors (Lipinski definition) is 1. The van der Waals surface area contributed by atoms with Crippen LogP contribution >= 0.6 is 0 Å². The van der Waals surface area contributed by atoms with Gasteiger partial charge in [-0.2, -0.15) is 5.26 Å². The second kappa shape index (κ2) is 8.84. The number of amides is 1. The molecule has 1 unspecified atom stereocenters. The fourth-order valence-corrected chi connectivity index (χ4v) is 5.63. The van der Waals surface area contributed by atoms with Crippen LogP contribution in [0.3, 0.4) is 0 Å². The van der Waals surface area contributed by atoms with Crippen LogP contribution in [0.1, 0.15) is 25.3 Å². The number of nitrogens with zero attached hydrogens (tertiary/aromatic N) is 2. The average Bonchev–Trinajstić information content (AvgIpc) is 3.55. The van der Waals surface area contributed by atoms with Crippen molar-refractivity contribution >= 4 is 15.9 Å². The third-order valence-electron chi connectivity index (χ3n) is 6.71. The Morgan fingerprint density at radius 3 is 2.55 bits per heavy atom. The lowest BCUT2D eigenvalue weighted by Crippen LogP contribution is -2.50. The molecule has 2 aromatic rings. The zero-order valence-corrected chi connectivity index (χ0v) is 19.0. The van der Waals surface area contributed by atoms with E-state index in [1.165, 1.54) is 11.8 Å². The Morgan fingerprint density at radius 2 is 1.94 bits per heavy atom. The van der Waals surface area contributed by atoms with Crippen molar-refractivity contribution in [3.63, 3.8) is 0 Å². The summed E-state index contributed by atoms with van der Waals surface area (Å²) in [7, 11) is -4.21. The number of carbonyl (C=O) groups is 1. The van der Waals surface area contributed by atoms with Gasteiger partial charge in [-0.15, -0.1) is 0 Å². The number of hydrogen-bond acceptors (Lipinski definition) is 4. The standard InChI is InChI=1S/C24H25F2N3O3S/c1-16(13-27)23(30)29-14-24(10-11-24)22(28-33(31,32)15-25)20(29)12-18-8-5-9-19(21(18)26)17-6-3-2-4-7-17/h2-9,16,20,22,28H,10-12,14-15H2,1H3/t16?,20-,22+/m0/s1. The lowest BCUT2D eigenvalue weighted by Gasteiger charge is -2.30. The molecule has 4 rings (SSSR count). The van der Waals surface area contributed by atoms with Crippen molar-refractivity contribution in [1.29, 1.82) is 5.26 Å². The Balaban J connectivity index is 1.73. The van der Waals surface area contributed by atoms with Crippen LogP contribution in [0.5, 0.6) is 0 Å². The minimum absolute atomic E-state index is 0.0393. The number of halogens is 2. The maximum Gasteiger partial charge on any atom is 0.241 e. The van der Waals surface area contributed by atoms with Crippen LogP contribution in [0.25, 0.3) is 11.1 Å². The molecule has 1 spiro atoms. The highest BCUT2D eigenvalue weighted by Crippen LogP contribution is 2.55. The summed E-state index contributed by atoms with van der Waals surface area (Å²) in [6, 6.07) is 12.9. The summed E-state index contributed by atoms with van der Waals surface area (Å²) in [6.07, 6.45) is 1.37. The molecule has 2 aliphatic rings. The molecule has 1 amide bonds. The first kappa shape index (κ1) is 23.3. The van der Waals surface area contributed by atoms with E-state index in [1.54, 1.807) is 42.5 Å². The van der Waals surface area contributed by atoms with Gasteiger partial charge in [0.15, 0.2) is 0 Å². The average molecular weight is 474 g/mol. The summed E-state index contributed by atoms with van der Waals surface area (Å²) in [5.41, 5.74) is 0.899. The molecule has 1 N–H and O–H groups in total. The smallest absolute Gasteiger partial charge is 0.241 e. The minimum Gasteiger partial charge on any atom is -0.336 e. The van der Waals surface area contributed by atoms with Gasteiger partial charge in [0.2, 0.25) is 21.9 Å². The molecule has 1 aliphatic heterocycles. The molecule has 0 aromatic heterocycles.